The monoisotopic (exact) mass is 358 g/mol. The van der Waals surface area contributed by atoms with Crippen molar-refractivity contribution in [2.45, 2.75) is 6.32 Å². The molecule has 0 N–H and O–H groups in total. The summed E-state index contributed by atoms with van der Waals surface area (Å²) in [6.07, 6.45) is 0.514. The maximum Gasteiger partial charge on any atom is 0.173 e. The molecule has 0 atom stereocenters. The zero-order valence-electron chi connectivity index (χ0n) is 11.5. The van der Waals surface area contributed by atoms with Crippen LogP contribution in [0.25, 0.3) is 20.2 Å². The third kappa shape index (κ3) is 2.56. The SMILES string of the molecule is BCC(=O)c1ccc2c(c1)sc1cc(C(=O)CBr)ccc12. The van der Waals surface area contributed by atoms with Crippen molar-refractivity contribution in [2.75, 3.05) is 5.33 Å². The summed E-state index contributed by atoms with van der Waals surface area (Å²) in [5.41, 5.74) is 1.48. The van der Waals surface area contributed by atoms with Gasteiger partial charge in [0.25, 0.3) is 0 Å². The minimum absolute atomic E-state index is 0.0798. The van der Waals surface area contributed by atoms with Gasteiger partial charge in [0.05, 0.1) is 5.33 Å². The Bertz CT molecular complexity index is 799. The number of hydrogen-bond acceptors (Lipinski definition) is 3. The molecule has 21 heavy (non-hydrogen) atoms. The van der Waals surface area contributed by atoms with Crippen LogP contribution in [0.5, 0.6) is 0 Å². The number of carbonyl (C=O) groups excluding carboxylic acids is 2. The van der Waals surface area contributed by atoms with Crippen LogP contribution in [-0.2, 0) is 0 Å². The van der Waals surface area contributed by atoms with E-state index in [4.69, 9.17) is 0 Å². The number of fused-ring (bicyclic) bond motifs is 3. The van der Waals surface area contributed by atoms with Gasteiger partial charge in [0.1, 0.15) is 7.85 Å². The molecule has 3 rings (SSSR count). The van der Waals surface area contributed by atoms with E-state index < -0.39 is 0 Å². The zero-order chi connectivity index (χ0) is 15.0. The van der Waals surface area contributed by atoms with Gasteiger partial charge in [-0.05, 0) is 18.5 Å². The van der Waals surface area contributed by atoms with Crippen LogP contribution in [0.15, 0.2) is 36.4 Å². The Hall–Kier alpha value is -1.46. The maximum atomic E-state index is 11.8. The summed E-state index contributed by atoms with van der Waals surface area (Å²) >= 11 is 4.83. The second-order valence-corrected chi connectivity index (χ2v) is 6.50. The second kappa shape index (κ2) is 5.74. The molecule has 0 saturated heterocycles. The molecule has 5 heteroatoms. The van der Waals surface area contributed by atoms with E-state index in [0.29, 0.717) is 11.7 Å². The molecule has 0 fully saturated rings. The smallest absolute Gasteiger partial charge is 0.173 e. The van der Waals surface area contributed by atoms with Crippen LogP contribution in [-0.4, -0.2) is 24.7 Å². The van der Waals surface area contributed by atoms with Crippen molar-refractivity contribution in [3.63, 3.8) is 0 Å². The van der Waals surface area contributed by atoms with Crippen LogP contribution in [0.4, 0.5) is 0 Å². The van der Waals surface area contributed by atoms with Crippen LogP contribution < -0.4 is 0 Å². The highest BCUT2D eigenvalue weighted by atomic mass is 79.9. The summed E-state index contributed by atoms with van der Waals surface area (Å²) in [6.45, 7) is 0. The minimum atomic E-state index is 0.0798. The molecular formula is C16H12BBrO2S. The van der Waals surface area contributed by atoms with Crippen molar-refractivity contribution < 1.29 is 9.59 Å². The van der Waals surface area contributed by atoms with E-state index >= 15 is 0 Å². The molecule has 2 nitrogen and oxygen atoms in total. The summed E-state index contributed by atoms with van der Waals surface area (Å²) in [4.78, 5) is 23.6. The van der Waals surface area contributed by atoms with Gasteiger partial charge in [-0.3, -0.25) is 9.59 Å². The van der Waals surface area contributed by atoms with Gasteiger partial charge < -0.3 is 0 Å². The molecule has 0 aliphatic carbocycles. The van der Waals surface area contributed by atoms with Gasteiger partial charge in [-0.2, -0.15) is 0 Å². The van der Waals surface area contributed by atoms with E-state index in [9.17, 15) is 9.59 Å². The standard InChI is InChI=1S/C16H12BBrO2S/c17-7-13(19)9-1-3-11-12-4-2-10(14(20)8-18)6-16(12)21-15(11)5-9/h1-6H,7-8,17H2. The number of carbonyl (C=O) groups is 2. The van der Waals surface area contributed by atoms with Gasteiger partial charge in [0, 0.05) is 31.3 Å². The van der Waals surface area contributed by atoms with Crippen LogP contribution in [0.3, 0.4) is 0 Å². The lowest BCUT2D eigenvalue weighted by molar-refractivity contribution is 0.101. The highest BCUT2D eigenvalue weighted by Gasteiger charge is 2.11. The highest BCUT2D eigenvalue weighted by molar-refractivity contribution is 9.09. The topological polar surface area (TPSA) is 34.1 Å². The lowest BCUT2D eigenvalue weighted by Gasteiger charge is -1.98. The molecule has 0 aliphatic heterocycles. The Morgan fingerprint density at radius 1 is 0.952 bits per heavy atom. The molecule has 0 radical (unpaired) electrons. The van der Waals surface area contributed by atoms with Crippen molar-refractivity contribution in [3.05, 3.63) is 47.5 Å². The summed E-state index contributed by atoms with van der Waals surface area (Å²) < 4.78 is 2.17. The molecular weight excluding hydrogens is 347 g/mol. The number of benzene rings is 2. The Labute approximate surface area is 135 Å². The van der Waals surface area contributed by atoms with Crippen molar-refractivity contribution in [1.29, 1.82) is 0 Å². The van der Waals surface area contributed by atoms with Crippen molar-refractivity contribution in [2.24, 2.45) is 0 Å². The largest absolute Gasteiger partial charge is 0.295 e. The van der Waals surface area contributed by atoms with E-state index in [1.807, 2.05) is 44.2 Å². The first-order chi connectivity index (χ1) is 10.1. The average molecular weight is 359 g/mol. The van der Waals surface area contributed by atoms with Crippen molar-refractivity contribution >= 4 is 66.9 Å². The molecule has 104 valence electrons. The van der Waals surface area contributed by atoms with E-state index in [2.05, 4.69) is 15.9 Å². The number of alkyl halides is 1. The van der Waals surface area contributed by atoms with Gasteiger partial charge in [0.15, 0.2) is 11.6 Å². The van der Waals surface area contributed by atoms with Gasteiger partial charge in [-0.1, -0.05) is 40.2 Å². The lowest BCUT2D eigenvalue weighted by atomic mass is 9.95. The maximum absolute atomic E-state index is 11.8. The van der Waals surface area contributed by atoms with Crippen LogP contribution in [0.2, 0.25) is 6.32 Å². The average Bonchev–Trinajstić information content (AvgIpc) is 2.89. The van der Waals surface area contributed by atoms with Gasteiger partial charge in [0.2, 0.25) is 0 Å². The molecule has 3 aromatic rings. The molecule has 0 saturated carbocycles. The first-order valence-corrected chi connectivity index (χ1v) is 8.66. The highest BCUT2D eigenvalue weighted by Crippen LogP contribution is 2.35. The molecule has 1 aromatic heterocycles. The second-order valence-electron chi connectivity index (χ2n) is 4.86. The quantitative estimate of drug-likeness (QED) is 0.403. The summed E-state index contributed by atoms with van der Waals surface area (Å²) in [5, 5.41) is 2.61. The third-order valence-electron chi connectivity index (χ3n) is 3.56. The summed E-state index contributed by atoms with van der Waals surface area (Å²) in [7, 11) is 1.87. The Morgan fingerprint density at radius 3 is 1.95 bits per heavy atom. The van der Waals surface area contributed by atoms with E-state index in [1.165, 1.54) is 0 Å². The normalized spacial score (nSPS) is 11.1. The van der Waals surface area contributed by atoms with E-state index in [1.54, 1.807) is 11.3 Å². The molecule has 0 amide bonds. The van der Waals surface area contributed by atoms with Crippen LogP contribution in [0, 0.1) is 0 Å². The van der Waals surface area contributed by atoms with Crippen LogP contribution in [0.1, 0.15) is 20.7 Å². The number of hydrogen-bond donors (Lipinski definition) is 0. The molecule has 0 bridgehead atoms. The molecule has 0 unspecified atom stereocenters. The number of halogens is 1. The Morgan fingerprint density at radius 2 is 1.48 bits per heavy atom. The van der Waals surface area contributed by atoms with Gasteiger partial charge in [-0.15, -0.1) is 11.3 Å². The zero-order valence-corrected chi connectivity index (χ0v) is 13.9. The Kier molecular flexibility index (Phi) is 3.96. The fourth-order valence-corrected chi connectivity index (χ4v) is 3.91. The fourth-order valence-electron chi connectivity index (χ4n) is 2.41. The number of rotatable bonds is 4. The third-order valence-corrected chi connectivity index (χ3v) is 5.18. The number of ketones is 2. The number of Topliss-reactive ketones (excluding diaryl/α,β-unsaturated/α-hetero) is 2. The molecule has 1 heterocycles. The van der Waals surface area contributed by atoms with Gasteiger partial charge >= 0.3 is 0 Å². The van der Waals surface area contributed by atoms with Crippen molar-refractivity contribution in [3.8, 4) is 0 Å². The predicted molar refractivity (Wildman–Crippen MR) is 95.1 cm³/mol. The molecule has 0 aliphatic rings. The summed E-state index contributed by atoms with van der Waals surface area (Å²) in [5.74, 6) is 0.237. The summed E-state index contributed by atoms with van der Waals surface area (Å²) in [6, 6.07) is 11.6. The van der Waals surface area contributed by atoms with Crippen LogP contribution >= 0.6 is 27.3 Å². The molecule has 0 spiro atoms. The fraction of sp³-hybridized carbons (Fsp3) is 0.125. The lowest BCUT2D eigenvalue weighted by Crippen LogP contribution is -1.98. The van der Waals surface area contributed by atoms with Gasteiger partial charge in [-0.25, -0.2) is 0 Å². The molecule has 2 aromatic carbocycles. The van der Waals surface area contributed by atoms with Crippen molar-refractivity contribution in [1.82, 2.24) is 0 Å². The van der Waals surface area contributed by atoms with E-state index in [0.717, 1.165) is 31.3 Å². The Balaban J connectivity index is 2.19. The first-order valence-electron chi connectivity index (χ1n) is 6.72. The predicted octanol–water partition coefficient (Wildman–Crippen LogP) is 3.87. The van der Waals surface area contributed by atoms with E-state index in [-0.39, 0.29) is 11.6 Å². The minimum Gasteiger partial charge on any atom is -0.295 e. The number of thiophene rings is 1. The first kappa shape index (κ1) is 14.5.